The summed E-state index contributed by atoms with van der Waals surface area (Å²) in [5.74, 6) is -2.61. The van der Waals surface area contributed by atoms with Crippen LogP contribution in [0.5, 0.6) is 0 Å². The van der Waals surface area contributed by atoms with Crippen LogP contribution >= 0.6 is 0 Å². The second-order valence-corrected chi connectivity index (χ2v) is 4.38. The van der Waals surface area contributed by atoms with Crippen LogP contribution in [0, 0.1) is 0 Å². The third-order valence-electron chi connectivity index (χ3n) is 2.48. The average Bonchev–Trinajstić information content (AvgIpc) is 2.68. The molecule has 0 unspecified atom stereocenters. The Bertz CT molecular complexity index is 643. The molecule has 0 spiro atoms. The standard InChI is InChI=1S/C17H20O11/c1-4-24-16(27-14(21)8-6-12(19)23-3)17(25-5-2)28-15(22)9-7-13(20)26-11-10-18/h6-9,11,16-17H,4-5H2,1-3H3/b8-6+,9-7+/t16-,17-/m1/s1. The van der Waals surface area contributed by atoms with E-state index in [2.05, 4.69) is 9.47 Å². The topological polar surface area (TPSA) is 141 Å². The number of ether oxygens (including phenoxy) is 6. The van der Waals surface area contributed by atoms with Crippen LogP contribution in [0.2, 0.25) is 0 Å². The normalized spacial score (nSPS) is 12.7. The Labute approximate surface area is 160 Å². The van der Waals surface area contributed by atoms with Gasteiger partial charge in [-0.2, -0.15) is 0 Å². The molecular formula is C17H20O11. The zero-order chi connectivity index (χ0) is 21.4. The number of carbonyl (C=O) groups excluding carboxylic acids is 5. The first-order valence-electron chi connectivity index (χ1n) is 7.86. The van der Waals surface area contributed by atoms with Crippen LogP contribution in [0.4, 0.5) is 0 Å². The summed E-state index contributed by atoms with van der Waals surface area (Å²) in [4.78, 5) is 55.6. The van der Waals surface area contributed by atoms with Crippen molar-refractivity contribution in [2.24, 2.45) is 0 Å². The van der Waals surface area contributed by atoms with Gasteiger partial charge >= 0.3 is 23.9 Å². The van der Waals surface area contributed by atoms with E-state index >= 15 is 0 Å². The van der Waals surface area contributed by atoms with E-state index in [1.807, 2.05) is 0 Å². The fourth-order valence-electron chi connectivity index (χ4n) is 1.43. The monoisotopic (exact) mass is 400 g/mol. The van der Waals surface area contributed by atoms with Crippen molar-refractivity contribution in [1.29, 1.82) is 0 Å². The molecular weight excluding hydrogens is 380 g/mol. The van der Waals surface area contributed by atoms with Crippen LogP contribution in [-0.4, -0.2) is 62.7 Å². The summed E-state index contributed by atoms with van der Waals surface area (Å²) in [5, 5.41) is 0. The molecule has 0 bridgehead atoms. The number of hydrogen-bond donors (Lipinski definition) is 0. The Morgan fingerprint density at radius 3 is 1.61 bits per heavy atom. The van der Waals surface area contributed by atoms with Crippen molar-refractivity contribution in [3.8, 4) is 0 Å². The average molecular weight is 400 g/mol. The van der Waals surface area contributed by atoms with Crippen LogP contribution in [0.15, 0.2) is 30.6 Å². The molecule has 0 aliphatic rings. The van der Waals surface area contributed by atoms with Gasteiger partial charge in [0.15, 0.2) is 12.2 Å². The van der Waals surface area contributed by atoms with Crippen molar-refractivity contribution >= 4 is 29.8 Å². The Balaban J connectivity index is 5.05. The minimum Gasteiger partial charge on any atom is -0.466 e. The van der Waals surface area contributed by atoms with Gasteiger partial charge in [0.2, 0.25) is 0 Å². The van der Waals surface area contributed by atoms with Gasteiger partial charge in [-0.15, -0.1) is 0 Å². The maximum atomic E-state index is 11.8. The first-order valence-corrected chi connectivity index (χ1v) is 7.86. The van der Waals surface area contributed by atoms with E-state index < -0.39 is 36.5 Å². The molecule has 154 valence electrons. The van der Waals surface area contributed by atoms with Gasteiger partial charge in [-0.05, 0) is 13.8 Å². The quantitative estimate of drug-likeness (QED) is 0.109. The van der Waals surface area contributed by atoms with Crippen molar-refractivity contribution in [2.75, 3.05) is 20.3 Å². The molecule has 0 rings (SSSR count). The number of methoxy groups -OCH3 is 1. The van der Waals surface area contributed by atoms with E-state index in [-0.39, 0.29) is 13.2 Å². The molecule has 28 heavy (non-hydrogen) atoms. The Kier molecular flexibility index (Phi) is 13.1. The molecule has 2 atom stereocenters. The molecule has 0 amide bonds. The second-order valence-electron chi connectivity index (χ2n) is 4.38. The van der Waals surface area contributed by atoms with Gasteiger partial charge in [-0.1, -0.05) is 0 Å². The molecule has 0 aliphatic carbocycles. The Hall–Kier alpha value is -3.27. The van der Waals surface area contributed by atoms with Gasteiger partial charge in [0.1, 0.15) is 0 Å². The summed E-state index contributed by atoms with van der Waals surface area (Å²) in [7, 11) is 1.13. The maximum Gasteiger partial charge on any atom is 0.336 e. The smallest absolute Gasteiger partial charge is 0.336 e. The van der Waals surface area contributed by atoms with E-state index in [4.69, 9.17) is 18.9 Å². The van der Waals surface area contributed by atoms with E-state index in [1.54, 1.807) is 13.8 Å². The third kappa shape index (κ3) is 11.4. The number of esters is 4. The highest BCUT2D eigenvalue weighted by Crippen LogP contribution is 2.10. The summed E-state index contributed by atoms with van der Waals surface area (Å²) >= 11 is 0. The summed E-state index contributed by atoms with van der Waals surface area (Å²) < 4.78 is 28.8. The van der Waals surface area contributed by atoms with E-state index in [1.165, 1.54) is 5.94 Å². The number of hydrogen-bond acceptors (Lipinski definition) is 11. The molecule has 0 aromatic carbocycles. The maximum absolute atomic E-state index is 11.8. The Morgan fingerprint density at radius 2 is 1.21 bits per heavy atom. The molecule has 0 N–H and O–H groups in total. The van der Waals surface area contributed by atoms with Crippen LogP contribution in [0.3, 0.4) is 0 Å². The van der Waals surface area contributed by atoms with Crippen molar-refractivity contribution in [3.63, 3.8) is 0 Å². The molecule has 0 saturated heterocycles. The molecule has 0 aliphatic heterocycles. The Morgan fingerprint density at radius 1 is 0.786 bits per heavy atom. The van der Waals surface area contributed by atoms with E-state index in [0.29, 0.717) is 18.4 Å². The van der Waals surface area contributed by atoms with Gasteiger partial charge in [0.25, 0.3) is 12.6 Å². The largest absolute Gasteiger partial charge is 0.466 e. The lowest BCUT2D eigenvalue weighted by Gasteiger charge is -2.25. The summed E-state index contributed by atoms with van der Waals surface area (Å²) in [6.45, 7) is 3.31. The molecule has 0 radical (unpaired) electrons. The fraction of sp³-hybridized carbons (Fsp3) is 0.412. The minimum atomic E-state index is -1.47. The van der Waals surface area contributed by atoms with Gasteiger partial charge in [-0.25, -0.2) is 24.0 Å². The molecule has 0 saturated carbocycles. The fourth-order valence-corrected chi connectivity index (χ4v) is 1.43. The lowest BCUT2D eigenvalue weighted by Crippen LogP contribution is -2.39. The van der Waals surface area contributed by atoms with Gasteiger partial charge < -0.3 is 28.4 Å². The first-order chi connectivity index (χ1) is 13.4. The predicted octanol–water partition coefficient (Wildman–Crippen LogP) is -0.0281. The highest BCUT2D eigenvalue weighted by molar-refractivity contribution is 5.92. The van der Waals surface area contributed by atoms with Gasteiger partial charge in [0.05, 0.1) is 7.11 Å². The number of rotatable bonds is 12. The lowest BCUT2D eigenvalue weighted by molar-refractivity contribution is -0.265. The summed E-state index contributed by atoms with van der Waals surface area (Å²) in [6.07, 6.45) is 0.557. The second kappa shape index (κ2) is 14.9. The third-order valence-corrected chi connectivity index (χ3v) is 2.48. The van der Waals surface area contributed by atoms with Crippen molar-refractivity contribution in [2.45, 2.75) is 26.4 Å². The molecule has 0 aromatic heterocycles. The summed E-state index contributed by atoms with van der Waals surface area (Å²) in [6, 6.07) is 0. The van der Waals surface area contributed by atoms with Crippen molar-refractivity contribution in [3.05, 3.63) is 30.6 Å². The first kappa shape index (κ1) is 24.7. The van der Waals surface area contributed by atoms with Crippen LogP contribution in [0.1, 0.15) is 13.8 Å². The van der Waals surface area contributed by atoms with Crippen LogP contribution in [0.25, 0.3) is 0 Å². The van der Waals surface area contributed by atoms with Crippen molar-refractivity contribution < 1.29 is 52.4 Å². The van der Waals surface area contributed by atoms with E-state index in [9.17, 15) is 24.0 Å². The number of carbonyl (C=O) groups is 4. The zero-order valence-corrected chi connectivity index (χ0v) is 15.4. The molecule has 0 heterocycles. The molecule has 0 fully saturated rings. The predicted molar refractivity (Wildman–Crippen MR) is 89.7 cm³/mol. The van der Waals surface area contributed by atoms with Crippen LogP contribution < -0.4 is 0 Å². The minimum absolute atomic E-state index is 0.0625. The van der Waals surface area contributed by atoms with Crippen LogP contribution in [-0.2, 0) is 52.4 Å². The molecule has 0 aromatic rings. The molecule has 11 heteroatoms. The van der Waals surface area contributed by atoms with Gasteiger partial charge in [-0.3, -0.25) is 0 Å². The van der Waals surface area contributed by atoms with Gasteiger partial charge in [0, 0.05) is 37.5 Å². The SMILES string of the molecule is CCO[C@H](OC(=O)/C=C/C(=O)OC)[C@H](OCC)OC(=O)/C=C/C(=O)OC=C=O. The highest BCUT2D eigenvalue weighted by atomic mass is 16.8. The molecule has 11 nitrogen and oxygen atoms in total. The lowest BCUT2D eigenvalue weighted by atomic mass is 10.4. The van der Waals surface area contributed by atoms with Crippen molar-refractivity contribution in [1.82, 2.24) is 0 Å². The highest BCUT2D eigenvalue weighted by Gasteiger charge is 2.29. The summed E-state index contributed by atoms with van der Waals surface area (Å²) in [5.41, 5.74) is 0. The zero-order valence-electron chi connectivity index (χ0n) is 15.4. The van der Waals surface area contributed by atoms with E-state index in [0.717, 1.165) is 19.3 Å².